The van der Waals surface area contributed by atoms with Crippen LogP contribution in [-0.2, 0) is 14.3 Å². The Balaban J connectivity index is 2.17. The summed E-state index contributed by atoms with van der Waals surface area (Å²) < 4.78 is 5.44. The third-order valence-corrected chi connectivity index (χ3v) is 4.36. The number of carboxylic acid groups (broad SMARTS) is 1. The number of aliphatic carboxylic acids is 1. The van der Waals surface area contributed by atoms with E-state index in [1.54, 1.807) is 4.90 Å². The Morgan fingerprint density at radius 1 is 1.47 bits per heavy atom. The molecule has 2 aliphatic rings. The molecular weight excluding hydrogens is 246 g/mol. The van der Waals surface area contributed by atoms with Gasteiger partial charge in [-0.2, -0.15) is 0 Å². The first kappa shape index (κ1) is 14.3. The molecule has 0 saturated carbocycles. The van der Waals surface area contributed by atoms with Crippen molar-refractivity contribution in [3.05, 3.63) is 0 Å². The van der Waals surface area contributed by atoms with Crippen LogP contribution in [0.15, 0.2) is 0 Å². The second-order valence-electron chi connectivity index (χ2n) is 5.76. The maximum atomic E-state index is 12.6. The molecule has 1 amide bonds. The minimum atomic E-state index is -0.975. The Kier molecular flexibility index (Phi) is 4.13. The second-order valence-corrected chi connectivity index (χ2v) is 5.76. The van der Waals surface area contributed by atoms with Crippen molar-refractivity contribution < 1.29 is 19.4 Å². The van der Waals surface area contributed by atoms with Gasteiger partial charge in [-0.3, -0.25) is 4.79 Å². The third kappa shape index (κ3) is 2.48. The number of carbonyl (C=O) groups is 2. The topological polar surface area (TPSA) is 66.8 Å². The first-order valence-electron chi connectivity index (χ1n) is 7.17. The molecule has 1 N–H and O–H groups in total. The highest BCUT2D eigenvalue weighted by Crippen LogP contribution is 2.36. The number of ether oxygens (including phenoxy) is 1. The second kappa shape index (κ2) is 5.49. The minimum Gasteiger partial charge on any atom is -0.479 e. The Labute approximate surface area is 113 Å². The van der Waals surface area contributed by atoms with Gasteiger partial charge in [0, 0.05) is 6.54 Å². The molecule has 108 valence electrons. The lowest BCUT2D eigenvalue weighted by molar-refractivity contribution is -0.158. The number of nitrogens with zero attached hydrogens (tertiary/aromatic N) is 1. The van der Waals surface area contributed by atoms with E-state index in [-0.39, 0.29) is 17.9 Å². The van der Waals surface area contributed by atoms with Gasteiger partial charge in [0.05, 0.1) is 18.6 Å². The number of amides is 1. The fourth-order valence-electron chi connectivity index (χ4n) is 3.41. The van der Waals surface area contributed by atoms with Crippen LogP contribution < -0.4 is 0 Å². The molecular formula is C14H23NO4. The minimum absolute atomic E-state index is 0.0299. The van der Waals surface area contributed by atoms with Crippen molar-refractivity contribution in [2.45, 2.75) is 57.6 Å². The Morgan fingerprint density at radius 2 is 2.21 bits per heavy atom. The van der Waals surface area contributed by atoms with Crippen LogP contribution in [0.4, 0.5) is 0 Å². The third-order valence-electron chi connectivity index (χ3n) is 4.36. The zero-order valence-corrected chi connectivity index (χ0v) is 11.7. The molecule has 3 unspecified atom stereocenters. The molecule has 2 fully saturated rings. The van der Waals surface area contributed by atoms with E-state index >= 15 is 0 Å². The monoisotopic (exact) mass is 269 g/mol. The van der Waals surface area contributed by atoms with E-state index in [9.17, 15) is 14.7 Å². The fourth-order valence-corrected chi connectivity index (χ4v) is 3.41. The van der Waals surface area contributed by atoms with Gasteiger partial charge in [-0.15, -0.1) is 0 Å². The van der Waals surface area contributed by atoms with Gasteiger partial charge in [0.2, 0.25) is 5.91 Å². The molecule has 2 aliphatic heterocycles. The fraction of sp³-hybridized carbons (Fsp3) is 0.857. The molecule has 2 rings (SSSR count). The van der Waals surface area contributed by atoms with Crippen molar-refractivity contribution >= 4 is 11.9 Å². The first-order chi connectivity index (χ1) is 9.01. The number of hydrogen-bond acceptors (Lipinski definition) is 3. The summed E-state index contributed by atoms with van der Waals surface area (Å²) in [5.41, 5.74) is -0.975. The van der Waals surface area contributed by atoms with Crippen LogP contribution in [0.3, 0.4) is 0 Å². The number of likely N-dealkylation sites (tertiary alicyclic amines) is 1. The SMILES string of the molecule is CCCC1(C(=O)O)CCCN1C(=O)C1COC(C)C1. The molecule has 2 saturated heterocycles. The van der Waals surface area contributed by atoms with Gasteiger partial charge in [-0.05, 0) is 32.6 Å². The molecule has 0 aromatic heterocycles. The Bertz CT molecular complexity index is 370. The predicted molar refractivity (Wildman–Crippen MR) is 69.7 cm³/mol. The first-order valence-corrected chi connectivity index (χ1v) is 7.17. The maximum absolute atomic E-state index is 12.6. The molecule has 2 heterocycles. The van der Waals surface area contributed by atoms with Crippen LogP contribution in [0.5, 0.6) is 0 Å². The molecule has 3 atom stereocenters. The summed E-state index contributed by atoms with van der Waals surface area (Å²) in [7, 11) is 0. The number of hydrogen-bond donors (Lipinski definition) is 1. The molecule has 0 aliphatic carbocycles. The maximum Gasteiger partial charge on any atom is 0.329 e. The van der Waals surface area contributed by atoms with Gasteiger partial charge in [-0.1, -0.05) is 13.3 Å². The molecule has 19 heavy (non-hydrogen) atoms. The van der Waals surface area contributed by atoms with Crippen LogP contribution in [0.1, 0.15) is 46.0 Å². The van der Waals surface area contributed by atoms with Crippen molar-refractivity contribution in [3.63, 3.8) is 0 Å². The summed E-state index contributed by atoms with van der Waals surface area (Å²) in [6, 6.07) is 0. The van der Waals surface area contributed by atoms with Crippen molar-refractivity contribution in [3.8, 4) is 0 Å². The van der Waals surface area contributed by atoms with Crippen LogP contribution >= 0.6 is 0 Å². The summed E-state index contributed by atoms with van der Waals surface area (Å²) in [5, 5.41) is 9.58. The number of rotatable bonds is 4. The summed E-state index contributed by atoms with van der Waals surface area (Å²) in [4.78, 5) is 25.9. The molecule has 0 aromatic carbocycles. The van der Waals surface area contributed by atoms with Crippen LogP contribution in [0.25, 0.3) is 0 Å². The molecule has 5 nitrogen and oxygen atoms in total. The van der Waals surface area contributed by atoms with Gasteiger partial charge in [-0.25, -0.2) is 4.79 Å². The summed E-state index contributed by atoms with van der Waals surface area (Å²) in [5.74, 6) is -1.05. The van der Waals surface area contributed by atoms with Gasteiger partial charge < -0.3 is 14.7 Å². The van der Waals surface area contributed by atoms with E-state index < -0.39 is 11.5 Å². The van der Waals surface area contributed by atoms with E-state index in [2.05, 4.69) is 0 Å². The van der Waals surface area contributed by atoms with Crippen molar-refractivity contribution in [1.82, 2.24) is 4.90 Å². The lowest BCUT2D eigenvalue weighted by Crippen LogP contribution is -2.54. The highest BCUT2D eigenvalue weighted by molar-refractivity contribution is 5.89. The number of carboxylic acids is 1. The van der Waals surface area contributed by atoms with Crippen LogP contribution in [-0.4, -0.2) is 46.7 Å². The van der Waals surface area contributed by atoms with Gasteiger partial charge in [0.15, 0.2) is 0 Å². The Morgan fingerprint density at radius 3 is 2.74 bits per heavy atom. The quantitative estimate of drug-likeness (QED) is 0.843. The average molecular weight is 269 g/mol. The molecule has 5 heteroatoms. The van der Waals surface area contributed by atoms with E-state index in [0.717, 1.165) is 12.8 Å². The molecule has 0 bridgehead atoms. The van der Waals surface area contributed by atoms with Crippen LogP contribution in [0.2, 0.25) is 0 Å². The van der Waals surface area contributed by atoms with Crippen molar-refractivity contribution in [1.29, 1.82) is 0 Å². The van der Waals surface area contributed by atoms with E-state index in [0.29, 0.717) is 32.4 Å². The smallest absolute Gasteiger partial charge is 0.329 e. The molecule has 0 spiro atoms. The van der Waals surface area contributed by atoms with Gasteiger partial charge >= 0.3 is 5.97 Å². The Hall–Kier alpha value is -1.10. The zero-order valence-electron chi connectivity index (χ0n) is 11.7. The van der Waals surface area contributed by atoms with Crippen molar-refractivity contribution in [2.24, 2.45) is 5.92 Å². The summed E-state index contributed by atoms with van der Waals surface area (Å²) in [6.07, 6.45) is 3.47. The average Bonchev–Trinajstić information content (AvgIpc) is 2.96. The zero-order chi connectivity index (χ0) is 14.0. The number of carbonyl (C=O) groups excluding carboxylic acids is 1. The van der Waals surface area contributed by atoms with E-state index in [4.69, 9.17) is 4.74 Å². The van der Waals surface area contributed by atoms with Crippen molar-refractivity contribution in [2.75, 3.05) is 13.2 Å². The van der Waals surface area contributed by atoms with E-state index in [1.807, 2.05) is 13.8 Å². The lowest BCUT2D eigenvalue weighted by Gasteiger charge is -2.36. The van der Waals surface area contributed by atoms with Gasteiger partial charge in [0.1, 0.15) is 5.54 Å². The summed E-state index contributed by atoms with van der Waals surface area (Å²) >= 11 is 0. The lowest BCUT2D eigenvalue weighted by atomic mass is 9.89. The van der Waals surface area contributed by atoms with Crippen LogP contribution in [0, 0.1) is 5.92 Å². The predicted octanol–water partition coefficient (Wildman–Crippen LogP) is 1.66. The molecule has 0 aromatic rings. The largest absolute Gasteiger partial charge is 0.479 e. The van der Waals surface area contributed by atoms with E-state index in [1.165, 1.54) is 0 Å². The highest BCUT2D eigenvalue weighted by atomic mass is 16.5. The molecule has 0 radical (unpaired) electrons. The van der Waals surface area contributed by atoms with Gasteiger partial charge in [0.25, 0.3) is 0 Å². The highest BCUT2D eigenvalue weighted by Gasteiger charge is 2.50. The normalized spacial score (nSPS) is 34.7. The summed E-state index contributed by atoms with van der Waals surface area (Å²) in [6.45, 7) is 4.91. The standard InChI is InChI=1S/C14H23NO4/c1-3-5-14(13(17)18)6-4-7-15(14)12(16)11-8-10(2)19-9-11/h10-11H,3-9H2,1-2H3,(H,17,18).